The van der Waals surface area contributed by atoms with Crippen molar-refractivity contribution in [3.05, 3.63) is 59.2 Å². The zero-order valence-electron chi connectivity index (χ0n) is 15.2. The van der Waals surface area contributed by atoms with Crippen LogP contribution in [0.3, 0.4) is 0 Å². The third kappa shape index (κ3) is 4.99. The van der Waals surface area contributed by atoms with Crippen LogP contribution in [-0.2, 0) is 13.0 Å². The number of benzene rings is 2. The summed E-state index contributed by atoms with van der Waals surface area (Å²) >= 11 is 0. The van der Waals surface area contributed by atoms with Crippen molar-refractivity contribution >= 4 is 5.91 Å². The van der Waals surface area contributed by atoms with E-state index in [4.69, 9.17) is 9.47 Å². The van der Waals surface area contributed by atoms with Crippen LogP contribution in [0.2, 0.25) is 0 Å². The molecule has 0 radical (unpaired) electrons. The van der Waals surface area contributed by atoms with Gasteiger partial charge < -0.3 is 20.1 Å². The van der Waals surface area contributed by atoms with E-state index >= 15 is 0 Å². The van der Waals surface area contributed by atoms with E-state index in [9.17, 15) is 4.79 Å². The first-order chi connectivity index (χ1) is 12.8. The van der Waals surface area contributed by atoms with Crippen LogP contribution in [0.4, 0.5) is 0 Å². The molecule has 5 nitrogen and oxygen atoms in total. The van der Waals surface area contributed by atoms with Crippen molar-refractivity contribution in [2.75, 3.05) is 26.3 Å². The topological polar surface area (TPSA) is 59.6 Å². The number of aryl methyl sites for hydroxylation is 1. The molecule has 0 saturated carbocycles. The van der Waals surface area contributed by atoms with E-state index in [1.165, 1.54) is 11.1 Å². The molecule has 2 aromatic rings. The molecule has 26 heavy (non-hydrogen) atoms. The minimum absolute atomic E-state index is 0.0855. The van der Waals surface area contributed by atoms with Crippen LogP contribution in [0.1, 0.15) is 34.8 Å². The summed E-state index contributed by atoms with van der Waals surface area (Å²) in [5, 5.41) is 6.37. The molecule has 0 aliphatic carbocycles. The maximum Gasteiger partial charge on any atom is 0.251 e. The molecule has 3 rings (SSSR count). The second kappa shape index (κ2) is 9.25. The van der Waals surface area contributed by atoms with E-state index in [0.717, 1.165) is 25.9 Å². The quantitative estimate of drug-likeness (QED) is 0.716. The SMILES string of the molecule is CCc1cccc(CNCCCNC(=O)c2ccc3c(c2)OCCO3)c1. The van der Waals surface area contributed by atoms with Gasteiger partial charge in [0.25, 0.3) is 5.91 Å². The summed E-state index contributed by atoms with van der Waals surface area (Å²) < 4.78 is 11.0. The fourth-order valence-corrected chi connectivity index (χ4v) is 2.89. The van der Waals surface area contributed by atoms with Gasteiger partial charge in [0.2, 0.25) is 0 Å². The molecule has 2 N–H and O–H groups in total. The van der Waals surface area contributed by atoms with E-state index in [1.54, 1.807) is 18.2 Å². The van der Waals surface area contributed by atoms with Crippen LogP contribution in [0.15, 0.2) is 42.5 Å². The Balaban J connectivity index is 1.36. The molecule has 0 atom stereocenters. The van der Waals surface area contributed by atoms with Gasteiger partial charge >= 0.3 is 0 Å². The van der Waals surface area contributed by atoms with E-state index in [-0.39, 0.29) is 5.91 Å². The van der Waals surface area contributed by atoms with Crippen LogP contribution < -0.4 is 20.1 Å². The highest BCUT2D eigenvalue weighted by molar-refractivity contribution is 5.94. The zero-order valence-corrected chi connectivity index (χ0v) is 15.2. The van der Waals surface area contributed by atoms with Crippen molar-refractivity contribution in [1.82, 2.24) is 10.6 Å². The standard InChI is InChI=1S/C21H26N2O3/c1-2-16-5-3-6-17(13-16)15-22-9-4-10-23-21(24)18-7-8-19-20(14-18)26-12-11-25-19/h3,5-8,13-14,22H,2,4,9-12,15H2,1H3,(H,23,24). The smallest absolute Gasteiger partial charge is 0.251 e. The molecule has 1 amide bonds. The lowest BCUT2D eigenvalue weighted by molar-refractivity contribution is 0.0952. The lowest BCUT2D eigenvalue weighted by Gasteiger charge is -2.18. The Kier molecular flexibility index (Phi) is 6.50. The summed E-state index contributed by atoms with van der Waals surface area (Å²) in [6, 6.07) is 13.9. The molecule has 0 spiro atoms. The van der Waals surface area contributed by atoms with E-state index < -0.39 is 0 Å². The van der Waals surface area contributed by atoms with Crippen LogP contribution >= 0.6 is 0 Å². The highest BCUT2D eigenvalue weighted by Crippen LogP contribution is 2.30. The summed E-state index contributed by atoms with van der Waals surface area (Å²) in [5.41, 5.74) is 3.25. The van der Waals surface area contributed by atoms with Crippen molar-refractivity contribution in [2.24, 2.45) is 0 Å². The Morgan fingerprint density at radius 3 is 2.65 bits per heavy atom. The summed E-state index contributed by atoms with van der Waals surface area (Å²) in [4.78, 5) is 12.2. The number of fused-ring (bicyclic) bond motifs is 1. The Morgan fingerprint density at radius 1 is 1.00 bits per heavy atom. The number of carbonyl (C=O) groups excluding carboxylic acids is 1. The van der Waals surface area contributed by atoms with E-state index in [0.29, 0.717) is 36.8 Å². The number of ether oxygens (including phenoxy) is 2. The van der Waals surface area contributed by atoms with E-state index in [1.807, 2.05) is 0 Å². The predicted molar refractivity (Wildman–Crippen MR) is 102 cm³/mol. The number of rotatable bonds is 8. The number of hydrogen-bond donors (Lipinski definition) is 2. The molecule has 2 aromatic carbocycles. The van der Waals surface area contributed by atoms with Crippen molar-refractivity contribution in [3.8, 4) is 11.5 Å². The van der Waals surface area contributed by atoms with Crippen molar-refractivity contribution < 1.29 is 14.3 Å². The molecule has 1 heterocycles. The first kappa shape index (κ1) is 18.3. The molecular weight excluding hydrogens is 328 g/mol. The van der Waals surface area contributed by atoms with Gasteiger partial charge in [0.1, 0.15) is 13.2 Å². The number of amides is 1. The van der Waals surface area contributed by atoms with E-state index in [2.05, 4.69) is 41.8 Å². The van der Waals surface area contributed by atoms with Crippen LogP contribution in [0, 0.1) is 0 Å². The van der Waals surface area contributed by atoms with Gasteiger partial charge in [-0.25, -0.2) is 0 Å². The third-order valence-electron chi connectivity index (χ3n) is 4.35. The molecular formula is C21H26N2O3. The van der Waals surface area contributed by atoms with Crippen LogP contribution in [-0.4, -0.2) is 32.2 Å². The minimum Gasteiger partial charge on any atom is -0.486 e. The minimum atomic E-state index is -0.0855. The molecule has 5 heteroatoms. The van der Waals surface area contributed by atoms with Crippen molar-refractivity contribution in [1.29, 1.82) is 0 Å². The predicted octanol–water partition coefficient (Wildman–Crippen LogP) is 2.93. The lowest BCUT2D eigenvalue weighted by Crippen LogP contribution is -2.27. The number of carbonyl (C=O) groups is 1. The summed E-state index contributed by atoms with van der Waals surface area (Å²) in [7, 11) is 0. The number of nitrogens with one attached hydrogen (secondary N) is 2. The second-order valence-corrected chi connectivity index (χ2v) is 6.32. The second-order valence-electron chi connectivity index (χ2n) is 6.32. The van der Waals surface area contributed by atoms with Gasteiger partial charge in [-0.2, -0.15) is 0 Å². The van der Waals surface area contributed by atoms with Gasteiger partial charge in [-0.1, -0.05) is 31.2 Å². The average molecular weight is 354 g/mol. The highest BCUT2D eigenvalue weighted by atomic mass is 16.6. The molecule has 0 unspecified atom stereocenters. The fourth-order valence-electron chi connectivity index (χ4n) is 2.89. The number of hydrogen-bond acceptors (Lipinski definition) is 4. The Bertz CT molecular complexity index is 746. The fraction of sp³-hybridized carbons (Fsp3) is 0.381. The van der Waals surface area contributed by atoms with Crippen molar-refractivity contribution in [2.45, 2.75) is 26.3 Å². The van der Waals surface area contributed by atoms with Crippen LogP contribution in [0.25, 0.3) is 0 Å². The summed E-state index contributed by atoms with van der Waals surface area (Å²) in [6.45, 7) is 5.58. The lowest BCUT2D eigenvalue weighted by atomic mass is 10.1. The van der Waals surface area contributed by atoms with Gasteiger partial charge in [0.05, 0.1) is 0 Å². The van der Waals surface area contributed by atoms with Gasteiger partial charge in [0.15, 0.2) is 11.5 Å². The maximum atomic E-state index is 12.2. The Labute approximate surface area is 154 Å². The Morgan fingerprint density at radius 2 is 1.81 bits per heavy atom. The molecule has 0 aromatic heterocycles. The first-order valence-corrected chi connectivity index (χ1v) is 9.22. The molecule has 0 fully saturated rings. The van der Waals surface area contributed by atoms with Crippen LogP contribution in [0.5, 0.6) is 11.5 Å². The molecule has 1 aliphatic heterocycles. The largest absolute Gasteiger partial charge is 0.486 e. The third-order valence-corrected chi connectivity index (χ3v) is 4.35. The van der Waals surface area contributed by atoms with Gasteiger partial charge in [0, 0.05) is 18.7 Å². The zero-order chi connectivity index (χ0) is 18.2. The average Bonchev–Trinajstić information content (AvgIpc) is 2.70. The molecule has 0 bridgehead atoms. The highest BCUT2D eigenvalue weighted by Gasteiger charge is 2.14. The first-order valence-electron chi connectivity index (χ1n) is 9.22. The monoisotopic (exact) mass is 354 g/mol. The van der Waals surface area contributed by atoms with Crippen molar-refractivity contribution in [3.63, 3.8) is 0 Å². The Hall–Kier alpha value is -2.53. The molecule has 0 saturated heterocycles. The summed E-state index contributed by atoms with van der Waals surface area (Å²) in [5.74, 6) is 1.25. The van der Waals surface area contributed by atoms with Gasteiger partial charge in [-0.3, -0.25) is 4.79 Å². The van der Waals surface area contributed by atoms with Gasteiger partial charge in [-0.05, 0) is 48.7 Å². The maximum absolute atomic E-state index is 12.2. The normalized spacial score (nSPS) is 12.7. The van der Waals surface area contributed by atoms with Gasteiger partial charge in [-0.15, -0.1) is 0 Å². The molecule has 1 aliphatic rings. The summed E-state index contributed by atoms with van der Waals surface area (Å²) in [6.07, 6.45) is 1.93. The molecule has 138 valence electrons.